The van der Waals surface area contributed by atoms with Crippen LogP contribution in [0.5, 0.6) is 5.75 Å². The maximum Gasteiger partial charge on any atom is 0.119 e. The quantitative estimate of drug-likeness (QED) is 0.705. The molecule has 0 heterocycles. The number of hydrogen-bond acceptors (Lipinski definition) is 3. The van der Waals surface area contributed by atoms with Gasteiger partial charge in [-0.2, -0.15) is 0 Å². The minimum Gasteiger partial charge on any atom is -0.494 e. The Balaban J connectivity index is 2.30. The summed E-state index contributed by atoms with van der Waals surface area (Å²) in [7, 11) is 0. The Morgan fingerprint density at radius 2 is 1.80 bits per heavy atom. The molecule has 0 aromatic heterocycles. The predicted molar refractivity (Wildman–Crippen MR) is 84.4 cm³/mol. The van der Waals surface area contributed by atoms with E-state index in [2.05, 4.69) is 44.7 Å². The third kappa shape index (κ3) is 5.93. The van der Waals surface area contributed by atoms with Gasteiger partial charge in [0.2, 0.25) is 0 Å². The largest absolute Gasteiger partial charge is 0.494 e. The van der Waals surface area contributed by atoms with Gasteiger partial charge in [-0.25, -0.2) is 0 Å². The molecule has 0 aliphatic rings. The highest BCUT2D eigenvalue weighted by Gasteiger charge is 2.08. The standard InChI is InChI=1S/C17H29NO2/c1-14(2)18(9-5-11-19)10-6-12-20-17-8-7-15(3)16(4)13-17/h7-8,13-14,19H,5-6,9-12H2,1-4H3. The molecule has 1 N–H and O–H groups in total. The van der Waals surface area contributed by atoms with Crippen LogP contribution in [0.2, 0.25) is 0 Å². The molecule has 0 unspecified atom stereocenters. The number of ether oxygens (including phenoxy) is 1. The molecule has 0 atom stereocenters. The van der Waals surface area contributed by atoms with E-state index in [9.17, 15) is 0 Å². The molecule has 0 fully saturated rings. The normalized spacial score (nSPS) is 11.3. The summed E-state index contributed by atoms with van der Waals surface area (Å²) in [4.78, 5) is 2.39. The average molecular weight is 279 g/mol. The van der Waals surface area contributed by atoms with Crippen molar-refractivity contribution in [2.24, 2.45) is 0 Å². The van der Waals surface area contributed by atoms with Crippen LogP contribution in [-0.2, 0) is 0 Å². The van der Waals surface area contributed by atoms with Gasteiger partial charge in [0.25, 0.3) is 0 Å². The molecule has 0 aliphatic heterocycles. The first-order valence-corrected chi connectivity index (χ1v) is 7.59. The van der Waals surface area contributed by atoms with Crippen molar-refractivity contribution in [2.75, 3.05) is 26.3 Å². The van der Waals surface area contributed by atoms with E-state index in [4.69, 9.17) is 9.84 Å². The summed E-state index contributed by atoms with van der Waals surface area (Å²) in [5.41, 5.74) is 2.57. The average Bonchev–Trinajstić information content (AvgIpc) is 2.41. The van der Waals surface area contributed by atoms with Crippen molar-refractivity contribution in [3.05, 3.63) is 29.3 Å². The monoisotopic (exact) mass is 279 g/mol. The summed E-state index contributed by atoms with van der Waals surface area (Å²) in [6, 6.07) is 6.75. The van der Waals surface area contributed by atoms with Crippen molar-refractivity contribution in [2.45, 2.75) is 46.6 Å². The Kier molecular flexibility index (Phi) is 7.63. The molecular formula is C17H29NO2. The molecule has 1 aromatic carbocycles. The van der Waals surface area contributed by atoms with Crippen LogP contribution in [0.25, 0.3) is 0 Å². The lowest BCUT2D eigenvalue weighted by atomic mass is 10.1. The number of benzene rings is 1. The first kappa shape index (κ1) is 17.0. The lowest BCUT2D eigenvalue weighted by Crippen LogP contribution is -2.33. The minimum atomic E-state index is 0.266. The Bertz CT molecular complexity index is 391. The summed E-state index contributed by atoms with van der Waals surface area (Å²) in [6.45, 7) is 11.6. The lowest BCUT2D eigenvalue weighted by Gasteiger charge is -2.26. The Hall–Kier alpha value is -1.06. The zero-order valence-electron chi connectivity index (χ0n) is 13.4. The molecular weight excluding hydrogens is 250 g/mol. The van der Waals surface area contributed by atoms with Crippen molar-refractivity contribution in [1.29, 1.82) is 0 Å². The Labute approximate surface area is 123 Å². The van der Waals surface area contributed by atoms with E-state index >= 15 is 0 Å². The van der Waals surface area contributed by atoms with Crippen molar-refractivity contribution in [1.82, 2.24) is 4.90 Å². The highest BCUT2D eigenvalue weighted by molar-refractivity contribution is 5.33. The number of aliphatic hydroxyl groups excluding tert-OH is 1. The first-order chi connectivity index (χ1) is 9.54. The smallest absolute Gasteiger partial charge is 0.119 e. The fourth-order valence-corrected chi connectivity index (χ4v) is 2.16. The van der Waals surface area contributed by atoms with Crippen LogP contribution in [0, 0.1) is 13.8 Å². The fraction of sp³-hybridized carbons (Fsp3) is 0.647. The zero-order valence-corrected chi connectivity index (χ0v) is 13.4. The highest BCUT2D eigenvalue weighted by Crippen LogP contribution is 2.16. The van der Waals surface area contributed by atoms with Crippen LogP contribution in [0.3, 0.4) is 0 Å². The van der Waals surface area contributed by atoms with E-state index < -0.39 is 0 Å². The van der Waals surface area contributed by atoms with Crippen molar-refractivity contribution in [3.63, 3.8) is 0 Å². The van der Waals surface area contributed by atoms with Gasteiger partial charge in [-0.1, -0.05) is 6.07 Å². The van der Waals surface area contributed by atoms with E-state index in [1.165, 1.54) is 11.1 Å². The molecule has 114 valence electrons. The third-order valence-corrected chi connectivity index (χ3v) is 3.67. The molecule has 20 heavy (non-hydrogen) atoms. The number of rotatable bonds is 9. The van der Waals surface area contributed by atoms with Crippen molar-refractivity contribution in [3.8, 4) is 5.75 Å². The molecule has 0 saturated heterocycles. The summed E-state index contributed by atoms with van der Waals surface area (Å²) in [5, 5.41) is 8.91. The second-order valence-corrected chi connectivity index (χ2v) is 5.65. The number of aryl methyl sites for hydroxylation is 2. The summed E-state index contributed by atoms with van der Waals surface area (Å²) < 4.78 is 5.80. The summed E-state index contributed by atoms with van der Waals surface area (Å²) in [5.74, 6) is 0.958. The van der Waals surface area contributed by atoms with E-state index in [1.54, 1.807) is 0 Å². The van der Waals surface area contributed by atoms with Gasteiger partial charge in [0.05, 0.1) is 6.61 Å². The zero-order chi connectivity index (χ0) is 15.0. The van der Waals surface area contributed by atoms with Gasteiger partial charge in [0.1, 0.15) is 5.75 Å². The molecule has 3 heteroatoms. The Morgan fingerprint density at radius 3 is 2.40 bits per heavy atom. The lowest BCUT2D eigenvalue weighted by molar-refractivity contribution is 0.177. The molecule has 0 radical (unpaired) electrons. The van der Waals surface area contributed by atoms with Crippen LogP contribution in [0.15, 0.2) is 18.2 Å². The summed E-state index contributed by atoms with van der Waals surface area (Å²) >= 11 is 0. The van der Waals surface area contributed by atoms with Gasteiger partial charge in [-0.05, 0) is 63.8 Å². The fourth-order valence-electron chi connectivity index (χ4n) is 2.16. The topological polar surface area (TPSA) is 32.7 Å². The molecule has 0 aliphatic carbocycles. The van der Waals surface area contributed by atoms with Crippen LogP contribution in [0.1, 0.15) is 37.8 Å². The van der Waals surface area contributed by atoms with Gasteiger partial charge in [-0.15, -0.1) is 0 Å². The number of aliphatic hydroxyl groups is 1. The van der Waals surface area contributed by atoms with Gasteiger partial charge in [0, 0.05) is 25.7 Å². The molecule has 0 amide bonds. The SMILES string of the molecule is Cc1ccc(OCCCN(CCCO)C(C)C)cc1C. The van der Waals surface area contributed by atoms with Gasteiger partial charge in [-0.3, -0.25) is 0 Å². The van der Waals surface area contributed by atoms with Gasteiger partial charge in [0.15, 0.2) is 0 Å². The number of hydrogen-bond donors (Lipinski definition) is 1. The molecule has 1 aromatic rings. The molecule has 3 nitrogen and oxygen atoms in total. The molecule has 0 bridgehead atoms. The van der Waals surface area contributed by atoms with Crippen LogP contribution >= 0.6 is 0 Å². The third-order valence-electron chi connectivity index (χ3n) is 3.67. The molecule has 0 saturated carbocycles. The minimum absolute atomic E-state index is 0.266. The van der Waals surface area contributed by atoms with Crippen LogP contribution in [-0.4, -0.2) is 42.4 Å². The number of nitrogens with zero attached hydrogens (tertiary/aromatic N) is 1. The maximum absolute atomic E-state index is 8.91. The van der Waals surface area contributed by atoms with E-state index in [1.807, 2.05) is 6.07 Å². The van der Waals surface area contributed by atoms with Crippen LogP contribution in [0.4, 0.5) is 0 Å². The van der Waals surface area contributed by atoms with E-state index in [0.717, 1.165) is 38.3 Å². The van der Waals surface area contributed by atoms with Crippen molar-refractivity contribution < 1.29 is 9.84 Å². The van der Waals surface area contributed by atoms with E-state index in [-0.39, 0.29) is 6.61 Å². The highest BCUT2D eigenvalue weighted by atomic mass is 16.5. The maximum atomic E-state index is 8.91. The second-order valence-electron chi connectivity index (χ2n) is 5.65. The predicted octanol–water partition coefficient (Wildman–Crippen LogP) is 3.17. The van der Waals surface area contributed by atoms with E-state index in [0.29, 0.717) is 6.04 Å². The molecule has 1 rings (SSSR count). The van der Waals surface area contributed by atoms with Crippen molar-refractivity contribution >= 4 is 0 Å². The van der Waals surface area contributed by atoms with Gasteiger partial charge >= 0.3 is 0 Å². The van der Waals surface area contributed by atoms with Crippen LogP contribution < -0.4 is 4.74 Å². The molecule has 0 spiro atoms. The first-order valence-electron chi connectivity index (χ1n) is 7.59. The van der Waals surface area contributed by atoms with Gasteiger partial charge < -0.3 is 14.7 Å². The summed E-state index contributed by atoms with van der Waals surface area (Å²) in [6.07, 6.45) is 1.85. The second kappa shape index (κ2) is 8.98. The Morgan fingerprint density at radius 1 is 1.10 bits per heavy atom.